The fraction of sp³-hybridized carbons (Fsp3) is 0.571. The minimum absolute atomic E-state index is 0.371. The van der Waals surface area contributed by atoms with Crippen molar-refractivity contribution in [2.24, 2.45) is 0 Å². The third-order valence-electron chi connectivity index (χ3n) is 3.37. The van der Waals surface area contributed by atoms with Gasteiger partial charge in [-0.3, -0.25) is 0 Å². The van der Waals surface area contributed by atoms with E-state index in [-0.39, 0.29) is 0 Å². The Kier molecular flexibility index (Phi) is 5.34. The van der Waals surface area contributed by atoms with E-state index < -0.39 is 0 Å². The lowest BCUT2D eigenvalue weighted by molar-refractivity contribution is 0.0216. The highest BCUT2D eigenvalue weighted by Crippen LogP contribution is 2.25. The van der Waals surface area contributed by atoms with Crippen LogP contribution in [0.15, 0.2) is 22.7 Å². The van der Waals surface area contributed by atoms with Crippen LogP contribution in [0.1, 0.15) is 24.8 Å². The van der Waals surface area contributed by atoms with Gasteiger partial charge in [0, 0.05) is 36.2 Å². The van der Waals surface area contributed by atoms with Gasteiger partial charge >= 0.3 is 0 Å². The minimum atomic E-state index is 0.371. The lowest BCUT2D eigenvalue weighted by atomic mass is 10.1. The van der Waals surface area contributed by atoms with E-state index in [9.17, 15) is 0 Å². The van der Waals surface area contributed by atoms with Gasteiger partial charge in [0.15, 0.2) is 0 Å². The van der Waals surface area contributed by atoms with E-state index in [4.69, 9.17) is 16.3 Å². The predicted molar refractivity (Wildman–Crippen MR) is 80.6 cm³/mol. The van der Waals surface area contributed by atoms with Gasteiger partial charge < -0.3 is 9.64 Å². The van der Waals surface area contributed by atoms with Crippen molar-refractivity contribution < 1.29 is 4.74 Å². The average molecular weight is 333 g/mol. The Morgan fingerprint density at radius 1 is 1.44 bits per heavy atom. The molecule has 4 heteroatoms. The lowest BCUT2D eigenvalue weighted by Gasteiger charge is -2.28. The van der Waals surface area contributed by atoms with Crippen molar-refractivity contribution in [1.29, 1.82) is 0 Å². The van der Waals surface area contributed by atoms with Crippen molar-refractivity contribution in [3.05, 3.63) is 28.2 Å². The highest BCUT2D eigenvalue weighted by molar-refractivity contribution is 9.10. The largest absolute Gasteiger partial charge is 0.376 e. The highest BCUT2D eigenvalue weighted by Gasteiger charge is 2.16. The second kappa shape index (κ2) is 6.78. The Labute approximate surface area is 122 Å². The van der Waals surface area contributed by atoms with E-state index in [1.807, 2.05) is 0 Å². The summed E-state index contributed by atoms with van der Waals surface area (Å²) in [5.41, 5.74) is 2.33. The van der Waals surface area contributed by atoms with E-state index in [0.29, 0.717) is 12.0 Å². The van der Waals surface area contributed by atoms with Gasteiger partial charge in [-0.1, -0.05) is 22.0 Å². The Balaban J connectivity index is 1.99. The molecule has 1 heterocycles. The predicted octanol–water partition coefficient (Wildman–Crippen LogP) is 4.19. The third kappa shape index (κ3) is 3.62. The summed E-state index contributed by atoms with van der Waals surface area (Å²) >= 11 is 9.41. The molecule has 0 N–H and O–H groups in total. The highest BCUT2D eigenvalue weighted by atomic mass is 79.9. The first kappa shape index (κ1) is 14.2. The zero-order valence-corrected chi connectivity index (χ0v) is 13.0. The molecule has 1 unspecified atom stereocenters. The van der Waals surface area contributed by atoms with Crippen LogP contribution in [0, 0.1) is 0 Å². The number of alkyl halides is 1. The van der Waals surface area contributed by atoms with E-state index in [2.05, 4.69) is 46.1 Å². The number of halogens is 2. The van der Waals surface area contributed by atoms with Gasteiger partial charge in [-0.05, 0) is 37.0 Å². The fourth-order valence-electron chi connectivity index (χ4n) is 2.24. The molecule has 1 atom stereocenters. The lowest BCUT2D eigenvalue weighted by Crippen LogP contribution is -2.33. The second-order valence-electron chi connectivity index (χ2n) is 4.78. The van der Waals surface area contributed by atoms with Gasteiger partial charge in [0.05, 0.1) is 6.10 Å². The summed E-state index contributed by atoms with van der Waals surface area (Å²) in [6, 6.07) is 6.32. The van der Waals surface area contributed by atoms with Crippen LogP contribution in [-0.2, 0) is 10.6 Å². The van der Waals surface area contributed by atoms with E-state index in [0.717, 1.165) is 23.2 Å². The molecule has 1 saturated heterocycles. The first-order chi connectivity index (χ1) is 8.70. The standard InChI is InChI=1S/C14H19BrClNO/c1-17(10-13-4-2-3-7-18-13)12-6-5-11(9-16)14(15)8-12/h5-6,8,13H,2-4,7,9-10H2,1H3. The van der Waals surface area contributed by atoms with E-state index >= 15 is 0 Å². The Morgan fingerprint density at radius 2 is 2.28 bits per heavy atom. The number of hydrogen-bond acceptors (Lipinski definition) is 2. The zero-order valence-electron chi connectivity index (χ0n) is 10.7. The van der Waals surface area contributed by atoms with Crippen molar-refractivity contribution >= 4 is 33.2 Å². The molecule has 1 aromatic rings. The molecule has 2 nitrogen and oxygen atoms in total. The summed E-state index contributed by atoms with van der Waals surface area (Å²) in [6.07, 6.45) is 4.03. The van der Waals surface area contributed by atoms with Crippen molar-refractivity contribution in [3.63, 3.8) is 0 Å². The molecule has 1 fully saturated rings. The summed E-state index contributed by atoms with van der Waals surface area (Å²) in [5, 5.41) is 0. The quantitative estimate of drug-likeness (QED) is 0.766. The van der Waals surface area contributed by atoms with Gasteiger partial charge in [0.2, 0.25) is 0 Å². The Bertz CT molecular complexity index is 393. The molecule has 0 aromatic heterocycles. The van der Waals surface area contributed by atoms with Crippen LogP contribution in [0.5, 0.6) is 0 Å². The molecule has 1 aromatic carbocycles. The average Bonchev–Trinajstić information content (AvgIpc) is 2.39. The van der Waals surface area contributed by atoms with Gasteiger partial charge in [0.25, 0.3) is 0 Å². The van der Waals surface area contributed by atoms with Gasteiger partial charge in [-0.25, -0.2) is 0 Å². The number of anilines is 1. The molecular formula is C14H19BrClNO. The molecule has 18 heavy (non-hydrogen) atoms. The molecule has 1 aliphatic rings. The first-order valence-corrected chi connectivity index (χ1v) is 7.70. The molecule has 1 aliphatic heterocycles. The normalized spacial score (nSPS) is 19.8. The number of likely N-dealkylation sites (N-methyl/N-ethyl adjacent to an activating group) is 1. The van der Waals surface area contributed by atoms with Crippen LogP contribution in [0.2, 0.25) is 0 Å². The van der Waals surface area contributed by atoms with Crippen molar-refractivity contribution in [1.82, 2.24) is 0 Å². The van der Waals surface area contributed by atoms with Crippen LogP contribution in [-0.4, -0.2) is 26.3 Å². The summed E-state index contributed by atoms with van der Waals surface area (Å²) in [7, 11) is 2.11. The molecule has 0 amide bonds. The van der Waals surface area contributed by atoms with Crippen LogP contribution in [0.25, 0.3) is 0 Å². The number of ether oxygens (including phenoxy) is 1. The zero-order chi connectivity index (χ0) is 13.0. The van der Waals surface area contributed by atoms with Gasteiger partial charge in [-0.2, -0.15) is 0 Å². The summed E-state index contributed by atoms with van der Waals surface area (Å²) in [6.45, 7) is 1.86. The third-order valence-corrected chi connectivity index (χ3v) is 4.40. The van der Waals surface area contributed by atoms with Crippen molar-refractivity contribution in [3.8, 4) is 0 Å². The Morgan fingerprint density at radius 3 is 2.89 bits per heavy atom. The molecule has 100 valence electrons. The summed E-state index contributed by atoms with van der Waals surface area (Å²) < 4.78 is 6.85. The molecule has 0 radical (unpaired) electrons. The monoisotopic (exact) mass is 331 g/mol. The van der Waals surface area contributed by atoms with Crippen LogP contribution < -0.4 is 4.90 Å². The molecule has 0 aliphatic carbocycles. The molecule has 0 bridgehead atoms. The summed E-state index contributed by atoms with van der Waals surface area (Å²) in [4.78, 5) is 2.25. The molecule has 2 rings (SSSR count). The van der Waals surface area contributed by atoms with Crippen LogP contribution >= 0.6 is 27.5 Å². The fourth-order valence-corrected chi connectivity index (χ4v) is 3.15. The number of nitrogens with zero attached hydrogens (tertiary/aromatic N) is 1. The molecule has 0 saturated carbocycles. The summed E-state index contributed by atoms with van der Waals surface area (Å²) in [5.74, 6) is 0.538. The van der Waals surface area contributed by atoms with E-state index in [1.165, 1.54) is 24.9 Å². The number of rotatable bonds is 4. The van der Waals surface area contributed by atoms with E-state index in [1.54, 1.807) is 0 Å². The smallest absolute Gasteiger partial charge is 0.0749 e. The van der Waals surface area contributed by atoms with Crippen LogP contribution in [0.3, 0.4) is 0 Å². The molecular weight excluding hydrogens is 314 g/mol. The van der Waals surface area contributed by atoms with Crippen LogP contribution in [0.4, 0.5) is 5.69 Å². The van der Waals surface area contributed by atoms with Gasteiger partial charge in [-0.15, -0.1) is 11.6 Å². The topological polar surface area (TPSA) is 12.5 Å². The maximum absolute atomic E-state index is 5.86. The van der Waals surface area contributed by atoms with Gasteiger partial charge in [0.1, 0.15) is 0 Å². The number of hydrogen-bond donors (Lipinski definition) is 0. The first-order valence-electron chi connectivity index (χ1n) is 6.38. The Hall–Kier alpha value is -0.250. The maximum atomic E-state index is 5.86. The minimum Gasteiger partial charge on any atom is -0.376 e. The molecule has 0 spiro atoms. The van der Waals surface area contributed by atoms with Crippen molar-refractivity contribution in [2.75, 3.05) is 25.1 Å². The second-order valence-corrected chi connectivity index (χ2v) is 5.90. The number of benzene rings is 1. The van der Waals surface area contributed by atoms with Crippen molar-refractivity contribution in [2.45, 2.75) is 31.2 Å². The maximum Gasteiger partial charge on any atom is 0.0749 e. The SMILES string of the molecule is CN(CC1CCCCO1)c1ccc(CCl)c(Br)c1.